The molecule has 0 aliphatic heterocycles. The molecular weight excluding hydrogens is 281 g/mol. The van der Waals surface area contributed by atoms with E-state index in [2.05, 4.69) is 10.3 Å². The van der Waals surface area contributed by atoms with Gasteiger partial charge in [0.15, 0.2) is 17.5 Å². The number of halogens is 3. The number of rotatable bonds is 2. The van der Waals surface area contributed by atoms with Crippen molar-refractivity contribution in [2.75, 3.05) is 5.73 Å². The van der Waals surface area contributed by atoms with Crippen molar-refractivity contribution >= 4 is 5.82 Å². The molecule has 0 saturated carbocycles. The zero-order valence-electron chi connectivity index (χ0n) is 10.6. The summed E-state index contributed by atoms with van der Waals surface area (Å²) >= 11 is 0. The van der Waals surface area contributed by atoms with Crippen LogP contribution in [-0.4, -0.2) is 15.0 Å². The van der Waals surface area contributed by atoms with Crippen molar-refractivity contribution in [1.29, 1.82) is 0 Å². The highest BCUT2D eigenvalue weighted by Gasteiger charge is 2.14. The van der Waals surface area contributed by atoms with Crippen LogP contribution in [-0.2, 0) is 0 Å². The molecule has 3 aromatic rings. The van der Waals surface area contributed by atoms with E-state index in [1.54, 1.807) is 0 Å². The quantitative estimate of drug-likeness (QED) is 0.789. The Kier molecular flexibility index (Phi) is 3.09. The van der Waals surface area contributed by atoms with Gasteiger partial charge in [0.25, 0.3) is 0 Å². The van der Waals surface area contributed by atoms with E-state index in [0.717, 1.165) is 12.1 Å². The summed E-state index contributed by atoms with van der Waals surface area (Å²) in [5.41, 5.74) is 6.96. The van der Waals surface area contributed by atoms with E-state index in [0.29, 0.717) is 11.3 Å². The van der Waals surface area contributed by atoms with E-state index in [1.165, 1.54) is 35.0 Å². The molecule has 21 heavy (non-hydrogen) atoms. The first-order chi connectivity index (χ1) is 10.1. The molecule has 2 N–H and O–H groups in total. The summed E-state index contributed by atoms with van der Waals surface area (Å²) in [6.45, 7) is 0. The summed E-state index contributed by atoms with van der Waals surface area (Å²) in [6.07, 6.45) is 0. The van der Waals surface area contributed by atoms with Crippen LogP contribution in [0.1, 0.15) is 0 Å². The van der Waals surface area contributed by atoms with Gasteiger partial charge in [-0.05, 0) is 42.5 Å². The maximum Gasteiger partial charge on any atom is 0.159 e. The number of hydrogen-bond donors (Lipinski definition) is 1. The van der Waals surface area contributed by atoms with Crippen LogP contribution in [0.2, 0.25) is 0 Å². The maximum absolute atomic E-state index is 13.3. The Morgan fingerprint density at radius 1 is 0.905 bits per heavy atom. The van der Waals surface area contributed by atoms with Crippen molar-refractivity contribution in [3.63, 3.8) is 0 Å². The van der Waals surface area contributed by atoms with Gasteiger partial charge in [-0.25, -0.2) is 13.2 Å². The van der Waals surface area contributed by atoms with Gasteiger partial charge in [-0.2, -0.15) is 4.68 Å². The average molecular weight is 290 g/mol. The number of aromatic nitrogens is 3. The minimum atomic E-state index is -0.997. The van der Waals surface area contributed by atoms with Gasteiger partial charge in [-0.3, -0.25) is 0 Å². The summed E-state index contributed by atoms with van der Waals surface area (Å²) in [5.74, 6) is -2.20. The Labute approximate surface area is 117 Å². The van der Waals surface area contributed by atoms with Crippen molar-refractivity contribution in [2.24, 2.45) is 0 Å². The van der Waals surface area contributed by atoms with Gasteiger partial charge >= 0.3 is 0 Å². The Morgan fingerprint density at radius 3 is 2.29 bits per heavy atom. The second-order valence-corrected chi connectivity index (χ2v) is 4.34. The van der Waals surface area contributed by atoms with Crippen LogP contribution in [0.3, 0.4) is 0 Å². The molecule has 4 nitrogen and oxygen atoms in total. The lowest BCUT2D eigenvalue weighted by Crippen LogP contribution is -2.02. The number of anilines is 1. The fraction of sp³-hybridized carbons (Fsp3) is 0. The monoisotopic (exact) mass is 290 g/mol. The normalized spacial score (nSPS) is 10.8. The van der Waals surface area contributed by atoms with Crippen LogP contribution in [0, 0.1) is 17.5 Å². The van der Waals surface area contributed by atoms with Gasteiger partial charge in [0, 0.05) is 5.56 Å². The lowest BCUT2D eigenvalue weighted by molar-refractivity contribution is 0.509. The third-order valence-corrected chi connectivity index (χ3v) is 2.97. The number of nitrogens with two attached hydrogens (primary N) is 1. The van der Waals surface area contributed by atoms with E-state index in [9.17, 15) is 13.2 Å². The van der Waals surface area contributed by atoms with Crippen molar-refractivity contribution in [1.82, 2.24) is 15.0 Å². The summed E-state index contributed by atoms with van der Waals surface area (Å²) < 4.78 is 40.4. The molecule has 0 aliphatic rings. The minimum absolute atomic E-state index is 0.146. The van der Waals surface area contributed by atoms with E-state index in [4.69, 9.17) is 5.73 Å². The summed E-state index contributed by atoms with van der Waals surface area (Å²) in [7, 11) is 0. The molecule has 106 valence electrons. The molecule has 0 fully saturated rings. The van der Waals surface area contributed by atoms with Crippen LogP contribution in [0.15, 0.2) is 42.5 Å². The predicted octanol–water partition coefficient (Wildman–Crippen LogP) is 2.93. The highest BCUT2D eigenvalue weighted by atomic mass is 19.2. The molecule has 0 unspecified atom stereocenters. The van der Waals surface area contributed by atoms with Crippen molar-refractivity contribution in [2.45, 2.75) is 0 Å². The first-order valence-corrected chi connectivity index (χ1v) is 5.99. The van der Waals surface area contributed by atoms with E-state index >= 15 is 0 Å². The molecule has 1 heterocycles. The molecule has 0 radical (unpaired) electrons. The van der Waals surface area contributed by atoms with Gasteiger partial charge in [0.2, 0.25) is 0 Å². The largest absolute Gasteiger partial charge is 0.382 e. The maximum atomic E-state index is 13.3. The van der Waals surface area contributed by atoms with E-state index in [-0.39, 0.29) is 11.5 Å². The first kappa shape index (κ1) is 13.2. The Balaban J connectivity index is 2.06. The Hall–Kier alpha value is -2.83. The van der Waals surface area contributed by atoms with Gasteiger partial charge in [-0.1, -0.05) is 5.21 Å². The van der Waals surface area contributed by atoms with Crippen LogP contribution in [0.5, 0.6) is 0 Å². The molecule has 7 heteroatoms. The lowest BCUT2D eigenvalue weighted by Gasteiger charge is -2.03. The lowest BCUT2D eigenvalue weighted by atomic mass is 10.1. The molecule has 0 bridgehead atoms. The molecule has 2 aromatic carbocycles. The highest BCUT2D eigenvalue weighted by Crippen LogP contribution is 2.26. The van der Waals surface area contributed by atoms with Gasteiger partial charge in [0.05, 0.1) is 5.69 Å². The van der Waals surface area contributed by atoms with Gasteiger partial charge < -0.3 is 5.73 Å². The number of benzene rings is 2. The average Bonchev–Trinajstić information content (AvgIpc) is 2.85. The fourth-order valence-corrected chi connectivity index (χ4v) is 1.91. The molecular formula is C14H9F3N4. The first-order valence-electron chi connectivity index (χ1n) is 5.99. The van der Waals surface area contributed by atoms with Crippen molar-refractivity contribution in [3.05, 3.63) is 59.9 Å². The minimum Gasteiger partial charge on any atom is -0.382 e. The van der Waals surface area contributed by atoms with Gasteiger partial charge in [-0.15, -0.1) is 5.10 Å². The number of hydrogen-bond acceptors (Lipinski definition) is 3. The standard InChI is InChI=1S/C14H9F3N4/c15-9-2-4-10(5-3-9)21-14(18)13(19-20-21)8-1-6-11(16)12(17)7-8/h1-7H,18H2. The highest BCUT2D eigenvalue weighted by molar-refractivity contribution is 5.70. The second kappa shape index (κ2) is 4.93. The molecule has 3 rings (SSSR count). The number of nitrogens with zero attached hydrogens (tertiary/aromatic N) is 3. The van der Waals surface area contributed by atoms with Crippen LogP contribution in [0.4, 0.5) is 19.0 Å². The van der Waals surface area contributed by atoms with Crippen molar-refractivity contribution in [3.8, 4) is 16.9 Å². The third-order valence-electron chi connectivity index (χ3n) is 2.97. The topological polar surface area (TPSA) is 56.7 Å². The summed E-state index contributed by atoms with van der Waals surface area (Å²) in [4.78, 5) is 0. The van der Waals surface area contributed by atoms with E-state index < -0.39 is 17.5 Å². The van der Waals surface area contributed by atoms with Gasteiger partial charge in [0.1, 0.15) is 11.5 Å². The Bertz CT molecular complexity index is 796. The molecule has 0 atom stereocenters. The second-order valence-electron chi connectivity index (χ2n) is 4.34. The van der Waals surface area contributed by atoms with Crippen LogP contribution < -0.4 is 5.73 Å². The zero-order valence-corrected chi connectivity index (χ0v) is 10.6. The summed E-state index contributed by atoms with van der Waals surface area (Å²) in [6, 6.07) is 8.81. The molecule has 1 aromatic heterocycles. The predicted molar refractivity (Wildman–Crippen MR) is 71.1 cm³/mol. The molecule has 0 aliphatic carbocycles. The Morgan fingerprint density at radius 2 is 1.62 bits per heavy atom. The smallest absolute Gasteiger partial charge is 0.159 e. The van der Waals surface area contributed by atoms with Crippen molar-refractivity contribution < 1.29 is 13.2 Å². The van der Waals surface area contributed by atoms with Crippen LogP contribution in [0.25, 0.3) is 16.9 Å². The molecule has 0 amide bonds. The number of nitrogen functional groups attached to an aromatic ring is 1. The fourth-order valence-electron chi connectivity index (χ4n) is 1.91. The third kappa shape index (κ3) is 2.33. The SMILES string of the molecule is Nc1c(-c2ccc(F)c(F)c2)nnn1-c1ccc(F)cc1. The van der Waals surface area contributed by atoms with E-state index in [1.807, 2.05) is 0 Å². The molecule has 0 saturated heterocycles. The summed E-state index contributed by atoms with van der Waals surface area (Å²) in [5, 5.41) is 7.71. The van der Waals surface area contributed by atoms with Crippen LogP contribution >= 0.6 is 0 Å². The zero-order chi connectivity index (χ0) is 15.0. The molecule has 0 spiro atoms.